The molecule has 0 bridgehead atoms. The van der Waals surface area contributed by atoms with Gasteiger partial charge in [0.1, 0.15) is 17.1 Å². The van der Waals surface area contributed by atoms with Gasteiger partial charge in [-0.25, -0.2) is 14.3 Å². The highest BCUT2D eigenvalue weighted by molar-refractivity contribution is 6.01. The van der Waals surface area contributed by atoms with Crippen molar-refractivity contribution >= 4 is 23.0 Å². The van der Waals surface area contributed by atoms with Gasteiger partial charge >= 0.3 is 11.9 Å². The quantitative estimate of drug-likeness (QED) is 0.834. The number of benzene rings is 1. The Morgan fingerprint density at radius 1 is 1.47 bits per heavy atom. The Bertz CT molecular complexity index is 635. The van der Waals surface area contributed by atoms with E-state index in [0.29, 0.717) is 11.0 Å². The molecule has 1 aromatic heterocycles. The number of aromatic nitrogens is 3. The van der Waals surface area contributed by atoms with Crippen LogP contribution in [0.25, 0.3) is 11.0 Å². The van der Waals surface area contributed by atoms with Crippen LogP contribution in [0.4, 0.5) is 0 Å². The summed E-state index contributed by atoms with van der Waals surface area (Å²) < 4.78 is 6.18. The molecule has 19 heavy (non-hydrogen) atoms. The first kappa shape index (κ1) is 13.0. The third kappa shape index (κ3) is 2.26. The topological polar surface area (TPSA) is 94.3 Å². The number of carboxylic acid groups (broad SMARTS) is 1. The average molecular weight is 263 g/mol. The van der Waals surface area contributed by atoms with Crippen molar-refractivity contribution in [3.8, 4) is 0 Å². The van der Waals surface area contributed by atoms with Crippen LogP contribution < -0.4 is 0 Å². The predicted molar refractivity (Wildman–Crippen MR) is 65.8 cm³/mol. The second kappa shape index (κ2) is 5.05. The van der Waals surface area contributed by atoms with E-state index in [-0.39, 0.29) is 12.2 Å². The Morgan fingerprint density at radius 3 is 2.84 bits per heavy atom. The summed E-state index contributed by atoms with van der Waals surface area (Å²) in [7, 11) is 0. The van der Waals surface area contributed by atoms with E-state index in [0.717, 1.165) is 0 Å². The van der Waals surface area contributed by atoms with Gasteiger partial charge in [0.2, 0.25) is 0 Å². The van der Waals surface area contributed by atoms with Gasteiger partial charge in [-0.3, -0.25) is 0 Å². The molecule has 0 aliphatic heterocycles. The zero-order valence-corrected chi connectivity index (χ0v) is 10.5. The Labute approximate surface area is 108 Å². The molecule has 2 aromatic rings. The van der Waals surface area contributed by atoms with Crippen LogP contribution in [0.15, 0.2) is 18.2 Å². The zero-order chi connectivity index (χ0) is 14.0. The summed E-state index contributed by atoms with van der Waals surface area (Å²) in [5.41, 5.74) is 0.797. The van der Waals surface area contributed by atoms with Crippen molar-refractivity contribution < 1.29 is 19.4 Å². The van der Waals surface area contributed by atoms with Gasteiger partial charge in [-0.05, 0) is 26.0 Å². The maximum absolute atomic E-state index is 11.7. The van der Waals surface area contributed by atoms with Crippen LogP contribution in [-0.4, -0.2) is 38.6 Å². The molecule has 1 N–H and O–H groups in total. The van der Waals surface area contributed by atoms with Gasteiger partial charge in [-0.1, -0.05) is 11.3 Å². The van der Waals surface area contributed by atoms with Crippen LogP contribution in [0, 0.1) is 0 Å². The fraction of sp³-hybridized carbons (Fsp3) is 0.333. The van der Waals surface area contributed by atoms with E-state index in [1.165, 1.54) is 10.7 Å². The van der Waals surface area contributed by atoms with Crippen LogP contribution in [-0.2, 0) is 9.53 Å². The number of nitrogens with zero attached hydrogens (tertiary/aromatic N) is 3. The number of para-hydroxylation sites is 1. The van der Waals surface area contributed by atoms with E-state index in [9.17, 15) is 9.59 Å². The Morgan fingerprint density at radius 2 is 2.21 bits per heavy atom. The molecule has 0 saturated heterocycles. The Kier molecular flexibility index (Phi) is 3.46. The molecule has 1 atom stereocenters. The first-order valence-corrected chi connectivity index (χ1v) is 5.80. The lowest BCUT2D eigenvalue weighted by atomic mass is 10.1. The van der Waals surface area contributed by atoms with Crippen molar-refractivity contribution in [1.29, 1.82) is 0 Å². The molecule has 0 aliphatic rings. The van der Waals surface area contributed by atoms with E-state index >= 15 is 0 Å². The van der Waals surface area contributed by atoms with Crippen molar-refractivity contribution in [2.24, 2.45) is 0 Å². The molecule has 0 amide bonds. The number of fused-ring (bicyclic) bond motifs is 1. The van der Waals surface area contributed by atoms with Gasteiger partial charge in [0.15, 0.2) is 0 Å². The van der Waals surface area contributed by atoms with Crippen LogP contribution in [0.2, 0.25) is 0 Å². The smallest absolute Gasteiger partial charge is 0.337 e. The SMILES string of the molecule is CCOC(=O)C(C)n1nnc2cccc(C(=O)O)c21. The zero-order valence-electron chi connectivity index (χ0n) is 10.5. The first-order chi connectivity index (χ1) is 9.06. The van der Waals surface area contributed by atoms with Gasteiger partial charge in [0.05, 0.1) is 12.2 Å². The fourth-order valence-corrected chi connectivity index (χ4v) is 1.80. The predicted octanol–water partition coefficient (Wildman–Crippen LogP) is 1.25. The van der Waals surface area contributed by atoms with Crippen molar-refractivity contribution in [1.82, 2.24) is 15.0 Å². The van der Waals surface area contributed by atoms with Crippen molar-refractivity contribution in [2.75, 3.05) is 6.61 Å². The highest BCUT2D eigenvalue weighted by Crippen LogP contribution is 2.20. The normalized spacial score (nSPS) is 12.3. The highest BCUT2D eigenvalue weighted by atomic mass is 16.5. The number of ether oxygens (including phenoxy) is 1. The molecule has 1 aromatic carbocycles. The number of esters is 1. The number of carboxylic acids is 1. The average Bonchev–Trinajstić information content (AvgIpc) is 2.81. The van der Waals surface area contributed by atoms with Gasteiger partial charge < -0.3 is 9.84 Å². The van der Waals surface area contributed by atoms with E-state index < -0.39 is 18.0 Å². The minimum absolute atomic E-state index is 0.0543. The number of hydrogen-bond donors (Lipinski definition) is 1. The monoisotopic (exact) mass is 263 g/mol. The van der Waals surface area contributed by atoms with Crippen LogP contribution >= 0.6 is 0 Å². The van der Waals surface area contributed by atoms with E-state index in [1.54, 1.807) is 26.0 Å². The molecular formula is C12H13N3O4. The Balaban J connectivity index is 2.55. The summed E-state index contributed by atoms with van der Waals surface area (Å²) in [5, 5.41) is 16.9. The highest BCUT2D eigenvalue weighted by Gasteiger charge is 2.23. The molecule has 0 aliphatic carbocycles. The van der Waals surface area contributed by atoms with Crippen molar-refractivity contribution in [3.63, 3.8) is 0 Å². The number of hydrogen-bond acceptors (Lipinski definition) is 5. The molecule has 0 saturated carbocycles. The molecule has 1 unspecified atom stereocenters. The maximum atomic E-state index is 11.7. The summed E-state index contributed by atoms with van der Waals surface area (Å²) in [4.78, 5) is 22.9. The minimum atomic E-state index is -1.09. The van der Waals surface area contributed by atoms with Crippen LogP contribution in [0.3, 0.4) is 0 Å². The third-order valence-electron chi connectivity index (χ3n) is 2.72. The van der Waals surface area contributed by atoms with Crippen molar-refractivity contribution in [2.45, 2.75) is 19.9 Å². The third-order valence-corrected chi connectivity index (χ3v) is 2.72. The lowest BCUT2D eigenvalue weighted by molar-refractivity contribution is -0.146. The maximum Gasteiger partial charge on any atom is 0.337 e. The number of carbonyl (C=O) groups excluding carboxylic acids is 1. The molecule has 1 heterocycles. The van der Waals surface area contributed by atoms with Gasteiger partial charge in [-0.15, -0.1) is 5.10 Å². The molecule has 0 fully saturated rings. The van der Waals surface area contributed by atoms with E-state index in [1.807, 2.05) is 0 Å². The summed E-state index contributed by atoms with van der Waals surface area (Å²) in [6.45, 7) is 3.54. The molecule has 100 valence electrons. The molecular weight excluding hydrogens is 250 g/mol. The first-order valence-electron chi connectivity index (χ1n) is 5.80. The number of aromatic carboxylic acids is 1. The summed E-state index contributed by atoms with van der Waals surface area (Å²) >= 11 is 0. The second-order valence-corrected chi connectivity index (χ2v) is 3.94. The van der Waals surface area contributed by atoms with Gasteiger partial charge in [-0.2, -0.15) is 0 Å². The standard InChI is InChI=1S/C12H13N3O4/c1-3-19-12(18)7(2)15-10-8(11(16)17)5-4-6-9(10)13-14-15/h4-7H,3H2,1-2H3,(H,16,17). The molecule has 0 radical (unpaired) electrons. The Hall–Kier alpha value is -2.44. The van der Waals surface area contributed by atoms with Gasteiger partial charge in [0.25, 0.3) is 0 Å². The largest absolute Gasteiger partial charge is 0.478 e. The lowest BCUT2D eigenvalue weighted by Crippen LogP contribution is -2.21. The van der Waals surface area contributed by atoms with Crippen LogP contribution in [0.1, 0.15) is 30.2 Å². The molecule has 7 heteroatoms. The summed E-state index contributed by atoms with van der Waals surface area (Å²) in [6.07, 6.45) is 0. The molecule has 0 spiro atoms. The summed E-state index contributed by atoms with van der Waals surface area (Å²) in [6, 6.07) is 3.94. The molecule has 2 rings (SSSR count). The lowest BCUT2D eigenvalue weighted by Gasteiger charge is -2.11. The van der Waals surface area contributed by atoms with E-state index in [2.05, 4.69) is 10.3 Å². The number of rotatable bonds is 4. The molecule has 7 nitrogen and oxygen atoms in total. The second-order valence-electron chi connectivity index (χ2n) is 3.94. The number of carbonyl (C=O) groups is 2. The van der Waals surface area contributed by atoms with Crippen molar-refractivity contribution in [3.05, 3.63) is 23.8 Å². The van der Waals surface area contributed by atoms with Gasteiger partial charge in [0, 0.05) is 0 Å². The summed E-state index contributed by atoms with van der Waals surface area (Å²) in [5.74, 6) is -1.57. The van der Waals surface area contributed by atoms with Crippen LogP contribution in [0.5, 0.6) is 0 Å². The van der Waals surface area contributed by atoms with E-state index in [4.69, 9.17) is 9.84 Å². The minimum Gasteiger partial charge on any atom is -0.478 e. The fourth-order valence-electron chi connectivity index (χ4n) is 1.80.